The largest absolute Gasteiger partial charge is 0.507 e. The minimum absolute atomic E-state index is 0.0784. The maximum atomic E-state index is 13.4. The Kier molecular flexibility index (Phi) is 6.78. The molecule has 35 heavy (non-hydrogen) atoms. The summed E-state index contributed by atoms with van der Waals surface area (Å²) in [5, 5.41) is 15.2. The molecule has 1 aromatic heterocycles. The Bertz CT molecular complexity index is 1370. The predicted octanol–water partition coefficient (Wildman–Crippen LogP) is 6.97. The van der Waals surface area contributed by atoms with Crippen molar-refractivity contribution in [2.75, 3.05) is 4.90 Å². The smallest absolute Gasteiger partial charge is 0.435 e. The standard InChI is InChI=1S/C25H18Cl2F3N3O2/c1-32-21(13-23(31-32)25(28,29)30)20-11-10-19(12-22(20)34)33(14-15-2-6-17(26)7-3-15)24(35)16-4-8-18(27)9-5-16/h2-13,34H,14H2,1H3. The van der Waals surface area contributed by atoms with E-state index in [0.717, 1.165) is 16.3 Å². The van der Waals surface area contributed by atoms with Crippen LogP contribution in [0.5, 0.6) is 5.75 Å². The zero-order valence-corrected chi connectivity index (χ0v) is 19.7. The van der Waals surface area contributed by atoms with Crippen molar-refractivity contribution in [2.45, 2.75) is 12.7 Å². The van der Waals surface area contributed by atoms with Crippen molar-refractivity contribution >= 4 is 34.8 Å². The molecule has 0 aliphatic heterocycles. The Morgan fingerprint density at radius 2 is 1.57 bits per heavy atom. The van der Waals surface area contributed by atoms with Gasteiger partial charge in [0.2, 0.25) is 0 Å². The highest BCUT2D eigenvalue weighted by Crippen LogP contribution is 2.37. The highest BCUT2D eigenvalue weighted by Gasteiger charge is 2.35. The molecule has 0 saturated carbocycles. The second-order valence-corrected chi connectivity index (χ2v) is 8.64. The van der Waals surface area contributed by atoms with Crippen LogP contribution in [0.25, 0.3) is 11.3 Å². The summed E-state index contributed by atoms with van der Waals surface area (Å²) in [4.78, 5) is 14.8. The van der Waals surface area contributed by atoms with E-state index in [4.69, 9.17) is 23.2 Å². The highest BCUT2D eigenvalue weighted by molar-refractivity contribution is 6.31. The molecule has 4 aromatic rings. The van der Waals surface area contributed by atoms with E-state index in [-0.39, 0.29) is 29.5 Å². The molecule has 5 nitrogen and oxygen atoms in total. The average molecular weight is 520 g/mol. The monoisotopic (exact) mass is 519 g/mol. The molecular formula is C25H18Cl2F3N3O2. The van der Waals surface area contributed by atoms with Gasteiger partial charge in [-0.05, 0) is 60.2 Å². The Morgan fingerprint density at radius 3 is 2.11 bits per heavy atom. The molecule has 0 fully saturated rings. The molecule has 0 saturated heterocycles. The summed E-state index contributed by atoms with van der Waals surface area (Å²) in [6.45, 7) is 0.154. The number of hydrogen-bond acceptors (Lipinski definition) is 3. The van der Waals surface area contributed by atoms with Gasteiger partial charge in [-0.3, -0.25) is 9.48 Å². The van der Waals surface area contributed by atoms with Crippen molar-refractivity contribution in [1.82, 2.24) is 9.78 Å². The highest BCUT2D eigenvalue weighted by atomic mass is 35.5. The Balaban J connectivity index is 1.73. The fourth-order valence-electron chi connectivity index (χ4n) is 3.56. The Morgan fingerprint density at radius 1 is 0.971 bits per heavy atom. The maximum absolute atomic E-state index is 13.4. The Hall–Kier alpha value is -3.49. The molecule has 4 rings (SSSR count). The van der Waals surface area contributed by atoms with E-state index in [1.165, 1.54) is 24.1 Å². The van der Waals surface area contributed by atoms with Crippen LogP contribution in [0.4, 0.5) is 18.9 Å². The number of alkyl halides is 3. The lowest BCUT2D eigenvalue weighted by molar-refractivity contribution is -0.141. The number of phenolic OH excluding ortho intramolecular Hbond substituents is 1. The maximum Gasteiger partial charge on any atom is 0.435 e. The van der Waals surface area contributed by atoms with Crippen molar-refractivity contribution < 1.29 is 23.1 Å². The topological polar surface area (TPSA) is 58.4 Å². The van der Waals surface area contributed by atoms with Crippen molar-refractivity contribution in [1.29, 1.82) is 0 Å². The van der Waals surface area contributed by atoms with Gasteiger partial charge >= 0.3 is 6.18 Å². The van der Waals surface area contributed by atoms with E-state index < -0.39 is 11.9 Å². The van der Waals surface area contributed by atoms with Gasteiger partial charge in [0, 0.05) is 40.0 Å². The third-order valence-electron chi connectivity index (χ3n) is 5.33. The minimum Gasteiger partial charge on any atom is -0.507 e. The molecule has 0 radical (unpaired) electrons. The fraction of sp³-hybridized carbons (Fsp3) is 0.120. The lowest BCUT2D eigenvalue weighted by atomic mass is 10.1. The van der Waals surface area contributed by atoms with Crippen molar-refractivity contribution in [3.63, 3.8) is 0 Å². The van der Waals surface area contributed by atoms with Crippen LogP contribution in [0.3, 0.4) is 0 Å². The summed E-state index contributed by atoms with van der Waals surface area (Å²) in [6.07, 6.45) is -4.62. The molecule has 1 heterocycles. The van der Waals surface area contributed by atoms with Gasteiger partial charge in [0.25, 0.3) is 5.91 Å². The number of rotatable bonds is 5. The number of carbonyl (C=O) groups is 1. The lowest BCUT2D eigenvalue weighted by Gasteiger charge is -2.24. The number of benzene rings is 3. The molecule has 3 aromatic carbocycles. The van der Waals surface area contributed by atoms with Crippen LogP contribution in [0.1, 0.15) is 21.6 Å². The van der Waals surface area contributed by atoms with E-state index in [9.17, 15) is 23.1 Å². The third kappa shape index (κ3) is 5.44. The summed E-state index contributed by atoms with van der Waals surface area (Å²) in [5.74, 6) is -0.659. The van der Waals surface area contributed by atoms with Crippen molar-refractivity contribution in [2.24, 2.45) is 7.05 Å². The zero-order chi connectivity index (χ0) is 25.3. The van der Waals surface area contributed by atoms with Gasteiger partial charge in [0.05, 0.1) is 12.2 Å². The summed E-state index contributed by atoms with van der Waals surface area (Å²) < 4.78 is 40.3. The van der Waals surface area contributed by atoms with E-state index in [1.54, 1.807) is 54.6 Å². The molecule has 0 spiro atoms. The first-order valence-corrected chi connectivity index (χ1v) is 11.0. The number of nitrogens with zero attached hydrogens (tertiary/aromatic N) is 3. The number of aryl methyl sites for hydroxylation is 1. The number of aromatic hydroxyl groups is 1. The molecule has 0 atom stereocenters. The van der Waals surface area contributed by atoms with E-state index >= 15 is 0 Å². The van der Waals surface area contributed by atoms with Gasteiger partial charge in [-0.1, -0.05) is 35.3 Å². The van der Waals surface area contributed by atoms with Crippen molar-refractivity contribution in [3.8, 4) is 17.0 Å². The van der Waals surface area contributed by atoms with Crippen LogP contribution in [-0.2, 0) is 19.8 Å². The summed E-state index contributed by atoms with van der Waals surface area (Å²) >= 11 is 11.9. The van der Waals surface area contributed by atoms with Gasteiger partial charge in [0.15, 0.2) is 5.69 Å². The van der Waals surface area contributed by atoms with E-state index in [0.29, 0.717) is 21.3 Å². The molecule has 0 unspecified atom stereocenters. The predicted molar refractivity (Wildman–Crippen MR) is 129 cm³/mol. The van der Waals surface area contributed by atoms with Crippen LogP contribution in [-0.4, -0.2) is 20.8 Å². The van der Waals surface area contributed by atoms with Crippen LogP contribution in [0.2, 0.25) is 10.0 Å². The minimum atomic E-state index is -4.62. The summed E-state index contributed by atoms with van der Waals surface area (Å²) in [5.41, 5.74) is 0.648. The number of halogens is 5. The summed E-state index contributed by atoms with van der Waals surface area (Å²) in [6, 6.07) is 18.5. The van der Waals surface area contributed by atoms with E-state index in [1.807, 2.05) is 0 Å². The lowest BCUT2D eigenvalue weighted by Crippen LogP contribution is -2.30. The second kappa shape index (κ2) is 9.64. The van der Waals surface area contributed by atoms with Crippen LogP contribution < -0.4 is 4.90 Å². The number of carbonyl (C=O) groups excluding carboxylic acids is 1. The van der Waals surface area contributed by atoms with Crippen LogP contribution >= 0.6 is 23.2 Å². The molecule has 0 aliphatic carbocycles. The van der Waals surface area contributed by atoms with Gasteiger partial charge < -0.3 is 10.0 Å². The second-order valence-electron chi connectivity index (χ2n) is 7.76. The Labute approximate surface area is 208 Å². The molecule has 1 N–H and O–H groups in total. The number of anilines is 1. The summed E-state index contributed by atoms with van der Waals surface area (Å²) in [7, 11) is 1.36. The van der Waals surface area contributed by atoms with Gasteiger partial charge in [-0.2, -0.15) is 18.3 Å². The molecule has 180 valence electrons. The number of hydrogen-bond donors (Lipinski definition) is 1. The molecular weight excluding hydrogens is 502 g/mol. The van der Waals surface area contributed by atoms with Crippen LogP contribution in [0.15, 0.2) is 72.8 Å². The number of aromatic nitrogens is 2. The SMILES string of the molecule is Cn1nc(C(F)(F)F)cc1-c1ccc(N(Cc2ccc(Cl)cc2)C(=O)c2ccc(Cl)cc2)cc1O. The first-order chi connectivity index (χ1) is 16.5. The van der Waals surface area contributed by atoms with Crippen molar-refractivity contribution in [3.05, 3.63) is 99.7 Å². The third-order valence-corrected chi connectivity index (χ3v) is 5.83. The van der Waals surface area contributed by atoms with Gasteiger partial charge in [-0.25, -0.2) is 0 Å². The number of phenols is 1. The van der Waals surface area contributed by atoms with Gasteiger partial charge in [0.1, 0.15) is 5.75 Å². The molecule has 0 aliphatic rings. The average Bonchev–Trinajstić information content (AvgIpc) is 3.20. The normalized spacial score (nSPS) is 11.5. The molecule has 1 amide bonds. The van der Waals surface area contributed by atoms with Crippen LogP contribution in [0, 0.1) is 0 Å². The number of amides is 1. The molecule has 10 heteroatoms. The zero-order valence-electron chi connectivity index (χ0n) is 18.2. The quantitative estimate of drug-likeness (QED) is 0.310. The first-order valence-electron chi connectivity index (χ1n) is 10.3. The fourth-order valence-corrected chi connectivity index (χ4v) is 3.82. The van der Waals surface area contributed by atoms with E-state index in [2.05, 4.69) is 5.10 Å². The van der Waals surface area contributed by atoms with Gasteiger partial charge in [-0.15, -0.1) is 0 Å². The molecule has 0 bridgehead atoms. The first kappa shape index (κ1) is 24.6.